The van der Waals surface area contributed by atoms with Crippen molar-refractivity contribution in [3.63, 3.8) is 0 Å². The maximum Gasteiger partial charge on any atom is 0.349 e. The van der Waals surface area contributed by atoms with E-state index in [1.165, 1.54) is 6.07 Å². The summed E-state index contributed by atoms with van der Waals surface area (Å²) in [4.78, 5) is 18.4. The number of cyclic esters (lactones) is 1. The summed E-state index contributed by atoms with van der Waals surface area (Å²) in [6.45, 7) is 7.80. The van der Waals surface area contributed by atoms with Crippen molar-refractivity contribution in [2.75, 3.05) is 0 Å². The molecular formula is C31H36ClFN2O4S. The molecule has 3 aromatic rings. The van der Waals surface area contributed by atoms with E-state index in [0.29, 0.717) is 23.0 Å². The lowest BCUT2D eigenvalue weighted by Crippen LogP contribution is -2.45. The minimum Gasteiger partial charge on any atom is -0.511 e. The number of rotatable bonds is 9. The third-order valence-electron chi connectivity index (χ3n) is 7.83. The van der Waals surface area contributed by atoms with Crippen molar-refractivity contribution in [1.82, 2.24) is 9.55 Å². The number of imidazole rings is 1. The largest absolute Gasteiger partial charge is 0.511 e. The fourth-order valence-electron chi connectivity index (χ4n) is 5.99. The van der Waals surface area contributed by atoms with E-state index in [1.807, 2.05) is 50.5 Å². The minimum atomic E-state index is -0.836. The van der Waals surface area contributed by atoms with Crippen LogP contribution in [-0.4, -0.2) is 32.3 Å². The number of nitrogens with zero attached hydrogens (tertiary/aromatic N) is 2. The van der Waals surface area contributed by atoms with Crippen molar-refractivity contribution in [1.29, 1.82) is 0 Å². The number of hydrogen-bond acceptors (Lipinski definition) is 6. The van der Waals surface area contributed by atoms with Gasteiger partial charge in [-0.2, -0.15) is 0 Å². The lowest BCUT2D eigenvalue weighted by Gasteiger charge is -2.41. The molecule has 40 heavy (non-hydrogen) atoms. The fourth-order valence-corrected chi connectivity index (χ4v) is 7.21. The van der Waals surface area contributed by atoms with Crippen LogP contribution in [0.15, 0.2) is 52.2 Å². The van der Waals surface area contributed by atoms with Crippen LogP contribution in [0, 0.1) is 11.7 Å². The summed E-state index contributed by atoms with van der Waals surface area (Å²) in [5, 5.41) is 12.5. The zero-order valence-electron chi connectivity index (χ0n) is 23.4. The first kappa shape index (κ1) is 28.8. The van der Waals surface area contributed by atoms with Crippen LogP contribution in [0.25, 0.3) is 11.0 Å². The minimum absolute atomic E-state index is 0.0282. The molecule has 2 aromatic carbocycles. The maximum atomic E-state index is 14.7. The number of esters is 1. The second kappa shape index (κ2) is 11.6. The highest BCUT2D eigenvalue weighted by molar-refractivity contribution is 8.03. The van der Waals surface area contributed by atoms with Crippen molar-refractivity contribution in [3.05, 3.63) is 63.5 Å². The van der Waals surface area contributed by atoms with Gasteiger partial charge in [-0.05, 0) is 107 Å². The van der Waals surface area contributed by atoms with Gasteiger partial charge in [0.2, 0.25) is 0 Å². The van der Waals surface area contributed by atoms with E-state index in [4.69, 9.17) is 26.1 Å². The molecule has 0 bridgehead atoms. The molecule has 0 amide bonds. The molecule has 1 N–H and O–H groups in total. The second-order valence-electron chi connectivity index (χ2n) is 11.4. The van der Waals surface area contributed by atoms with Gasteiger partial charge in [-0.1, -0.05) is 30.5 Å². The number of ether oxygens (including phenoxy) is 2. The highest BCUT2D eigenvalue weighted by Gasteiger charge is 2.48. The lowest BCUT2D eigenvalue weighted by atomic mass is 9.77. The van der Waals surface area contributed by atoms with Gasteiger partial charge >= 0.3 is 5.97 Å². The summed E-state index contributed by atoms with van der Waals surface area (Å²) in [6.07, 6.45) is 5.12. The lowest BCUT2D eigenvalue weighted by molar-refractivity contribution is -0.166. The Morgan fingerprint density at radius 3 is 2.60 bits per heavy atom. The van der Waals surface area contributed by atoms with E-state index in [9.17, 15) is 14.3 Å². The molecule has 1 unspecified atom stereocenters. The predicted molar refractivity (Wildman–Crippen MR) is 157 cm³/mol. The van der Waals surface area contributed by atoms with E-state index >= 15 is 0 Å². The van der Waals surface area contributed by atoms with Gasteiger partial charge in [-0.3, -0.25) is 0 Å². The normalized spacial score (nSPS) is 20.2. The summed E-state index contributed by atoms with van der Waals surface area (Å²) in [5.74, 6) is -0.544. The first-order valence-corrected chi connectivity index (χ1v) is 15.2. The summed E-state index contributed by atoms with van der Waals surface area (Å²) in [7, 11) is 0. The SMILES string of the molecule is CC(C)Oc1ccc(CCC2(C3CCCC3)CC(O)=C(Sc3nc4cc(Cl)ccc4n3C(C)C)C(=O)O2)cc1F. The van der Waals surface area contributed by atoms with E-state index in [0.717, 1.165) is 54.0 Å². The monoisotopic (exact) mass is 586 g/mol. The van der Waals surface area contributed by atoms with Crippen LogP contribution in [0.2, 0.25) is 5.02 Å². The van der Waals surface area contributed by atoms with Gasteiger partial charge in [0, 0.05) is 17.5 Å². The van der Waals surface area contributed by atoms with Gasteiger partial charge in [0.15, 0.2) is 16.7 Å². The molecule has 5 rings (SSSR count). The Labute approximate surface area is 243 Å². The number of carbonyl (C=O) groups excluding carboxylic acids is 1. The van der Waals surface area contributed by atoms with Crippen LogP contribution in [-0.2, 0) is 16.0 Å². The molecule has 2 heterocycles. The highest BCUT2D eigenvalue weighted by atomic mass is 35.5. The molecule has 214 valence electrons. The third-order valence-corrected chi connectivity index (χ3v) is 9.15. The molecule has 6 nitrogen and oxygen atoms in total. The number of aliphatic hydroxyl groups excluding tert-OH is 1. The van der Waals surface area contributed by atoms with Crippen LogP contribution in [0.5, 0.6) is 5.75 Å². The number of thioether (sulfide) groups is 1. The standard InChI is InChI=1S/C31H36ClFN2O4S/c1-18(2)35-25-11-10-22(32)16-24(25)34-30(35)40-28-26(36)17-31(39-29(28)37,21-7-5-6-8-21)14-13-20-9-12-27(23(33)15-20)38-19(3)4/h9-12,15-16,18-19,21,36H,5-8,13-14,17H2,1-4H3. The van der Waals surface area contributed by atoms with Gasteiger partial charge in [0.25, 0.3) is 0 Å². The van der Waals surface area contributed by atoms with Crippen molar-refractivity contribution in [3.8, 4) is 5.75 Å². The Bertz CT molecular complexity index is 1450. The van der Waals surface area contributed by atoms with Crippen LogP contribution in [0.3, 0.4) is 0 Å². The first-order chi connectivity index (χ1) is 19.1. The van der Waals surface area contributed by atoms with Gasteiger partial charge in [-0.25, -0.2) is 14.2 Å². The number of fused-ring (bicyclic) bond motifs is 1. The van der Waals surface area contributed by atoms with Crippen LogP contribution in [0.4, 0.5) is 4.39 Å². The van der Waals surface area contributed by atoms with Crippen LogP contribution in [0.1, 0.15) is 77.8 Å². The summed E-state index contributed by atoms with van der Waals surface area (Å²) < 4.78 is 28.5. The van der Waals surface area contributed by atoms with Crippen LogP contribution < -0.4 is 4.74 Å². The van der Waals surface area contributed by atoms with E-state index < -0.39 is 17.4 Å². The van der Waals surface area contributed by atoms with Crippen LogP contribution >= 0.6 is 23.4 Å². The Kier molecular flexibility index (Phi) is 8.39. The van der Waals surface area contributed by atoms with Gasteiger partial charge in [0.05, 0.1) is 17.1 Å². The summed E-state index contributed by atoms with van der Waals surface area (Å²) in [6, 6.07) is 10.6. The summed E-state index contributed by atoms with van der Waals surface area (Å²) >= 11 is 7.33. The number of halogens is 2. The quantitative estimate of drug-likeness (QED) is 0.253. The second-order valence-corrected chi connectivity index (χ2v) is 12.8. The van der Waals surface area contributed by atoms with E-state index in [1.54, 1.807) is 12.1 Å². The average Bonchev–Trinajstić information content (AvgIpc) is 3.54. The number of carbonyl (C=O) groups is 1. The number of aromatic nitrogens is 2. The zero-order chi connectivity index (χ0) is 28.6. The molecule has 0 spiro atoms. The Morgan fingerprint density at radius 1 is 1.20 bits per heavy atom. The zero-order valence-corrected chi connectivity index (χ0v) is 24.9. The Morgan fingerprint density at radius 2 is 1.95 bits per heavy atom. The third kappa shape index (κ3) is 5.84. The van der Waals surface area contributed by atoms with Gasteiger partial charge in [0.1, 0.15) is 16.3 Å². The molecule has 1 aliphatic carbocycles. The van der Waals surface area contributed by atoms with Crippen molar-refractivity contribution in [2.24, 2.45) is 5.92 Å². The Balaban J connectivity index is 1.41. The van der Waals surface area contributed by atoms with E-state index in [-0.39, 0.29) is 40.9 Å². The topological polar surface area (TPSA) is 73.6 Å². The molecule has 9 heteroatoms. The maximum absolute atomic E-state index is 14.7. The number of aliphatic hydroxyl groups is 1. The molecule has 0 saturated heterocycles. The van der Waals surface area contributed by atoms with E-state index in [2.05, 4.69) is 0 Å². The molecule has 1 fully saturated rings. The Hall–Kier alpha value is -2.71. The van der Waals surface area contributed by atoms with Crippen molar-refractivity contribution < 1.29 is 23.8 Å². The first-order valence-electron chi connectivity index (χ1n) is 14.0. The number of hydrogen-bond donors (Lipinski definition) is 1. The molecule has 1 aliphatic heterocycles. The average molecular weight is 587 g/mol. The smallest absolute Gasteiger partial charge is 0.349 e. The highest BCUT2D eigenvalue weighted by Crippen LogP contribution is 2.48. The number of aryl methyl sites for hydroxylation is 1. The molecule has 1 atom stereocenters. The van der Waals surface area contributed by atoms with Gasteiger partial charge in [-0.15, -0.1) is 0 Å². The van der Waals surface area contributed by atoms with Gasteiger partial charge < -0.3 is 19.1 Å². The predicted octanol–water partition coefficient (Wildman–Crippen LogP) is 8.57. The summed E-state index contributed by atoms with van der Waals surface area (Å²) in [5.41, 5.74) is 1.60. The number of benzene rings is 2. The molecule has 1 aromatic heterocycles. The molecular weight excluding hydrogens is 551 g/mol. The molecule has 1 saturated carbocycles. The molecule has 2 aliphatic rings. The molecule has 0 radical (unpaired) electrons. The fraction of sp³-hybridized carbons (Fsp3) is 0.484. The van der Waals surface area contributed by atoms with Crippen molar-refractivity contribution in [2.45, 2.75) is 95.5 Å². The van der Waals surface area contributed by atoms with Crippen molar-refractivity contribution >= 4 is 40.4 Å².